The maximum atomic E-state index is 15.0. The number of hydrogen-bond donors (Lipinski definition) is 12. The third-order valence-corrected chi connectivity index (χ3v) is 24.1. The zero-order valence-electron chi connectivity index (χ0n) is 83.5. The van der Waals surface area contributed by atoms with Gasteiger partial charge in [-0.3, -0.25) is 57.7 Å². The molecular formula is C96H156N10O34. The molecule has 0 bridgehead atoms. The van der Waals surface area contributed by atoms with Gasteiger partial charge in [0, 0.05) is 92.4 Å². The number of anilines is 1. The normalized spacial score (nSPS) is 19.4. The number of nitrogens with two attached hydrogens (primary N) is 1. The van der Waals surface area contributed by atoms with Crippen LogP contribution in [-0.4, -0.2) is 397 Å². The summed E-state index contributed by atoms with van der Waals surface area (Å²) in [5.41, 5.74) is 6.47. The average Bonchev–Trinajstić information content (AvgIpc) is 1.05. The number of methoxy groups -OCH3 is 3. The largest absolute Gasteiger partial charge is 0.479 e. The standard InChI is InChI=1S/C96H156N10O34/c1-14-63(6)82(75(125-12)58-73(107)68-23-20-24-69(68)87(126-13)64(7)89(116)100-65(8)83(112)67-21-16-15-17-22-67)104(9)93(120)80(61(2)3)103-92(119)81(62(4)5)105(10)96(123)138-60-66-26-27-74(139-95-86(115)84(113)85(114)88(140-95)94(121)122)71(57-66)101-77(109)30-33-99-90(117)70(102-91(118)72(59-97)106-78(110)28-29-79(106)111)25-18-19-32-98-76(108)31-34-127-37-38-129-41-42-131-45-46-133-49-50-135-53-54-137-56-55-136-52-51-134-48-47-132-44-43-130-40-39-128-36-35-124-11/h15-17,21-22,26-29,57,61-65,68-70,72,75,80-88,95,112-115H,14,18-20,23-25,30-56,58-60,97H2,1-13H3,(H,98,108)(H,99,117)(H,100,116)(H,101,109)(H,102,118)(H,103,119)(H,121,122)/t63-,64+,65+,68?,69?,70-,72-,75+,80-,81-,82-,83+,84-,85-,86+,87+,88-,95+/m0/s1. The molecule has 44 heteroatoms. The Kier molecular flexibility index (Phi) is 59.3. The molecule has 1 saturated carbocycles. The molecule has 1 aliphatic carbocycles. The summed E-state index contributed by atoms with van der Waals surface area (Å²) in [6.07, 6.45) is -9.62. The molecule has 18 atom stereocenters. The number of hydrogen-bond acceptors (Lipinski definition) is 34. The van der Waals surface area contributed by atoms with Crippen LogP contribution in [0.4, 0.5) is 10.5 Å². The van der Waals surface area contributed by atoms with Crippen molar-refractivity contribution in [3.8, 4) is 5.75 Å². The summed E-state index contributed by atoms with van der Waals surface area (Å²) >= 11 is 0. The lowest BCUT2D eigenvalue weighted by atomic mass is 9.79. The second-order valence-electron chi connectivity index (χ2n) is 35.0. The number of likely N-dealkylation sites (N-methyl/N-ethyl adjacent to an activating group) is 2. The monoisotopic (exact) mass is 1990 g/mol. The second kappa shape index (κ2) is 68.3. The Balaban J connectivity index is 1.10. The number of aliphatic hydroxyl groups is 4. The number of unbranched alkanes of at least 4 members (excludes halogenated alkanes) is 1. The highest BCUT2D eigenvalue weighted by Gasteiger charge is 2.50. The Morgan fingerprint density at radius 1 is 0.571 bits per heavy atom. The fraction of sp³-hybridized carbons (Fsp3) is 0.729. The van der Waals surface area contributed by atoms with Crippen molar-refractivity contribution in [2.45, 2.75) is 211 Å². The average molecular weight is 1990 g/mol. The topological polar surface area (TPSA) is 571 Å². The molecule has 2 fully saturated rings. The molecule has 2 unspecified atom stereocenters. The van der Waals surface area contributed by atoms with Gasteiger partial charge in [-0.1, -0.05) is 97.7 Å². The smallest absolute Gasteiger partial charge is 0.410 e. The van der Waals surface area contributed by atoms with Crippen molar-refractivity contribution in [1.82, 2.24) is 41.3 Å². The summed E-state index contributed by atoms with van der Waals surface area (Å²) in [6.45, 7) is 22.1. The van der Waals surface area contributed by atoms with Crippen LogP contribution in [0, 0.1) is 35.5 Å². The van der Waals surface area contributed by atoms with E-state index in [2.05, 4.69) is 31.9 Å². The molecule has 3 aliphatic rings. The molecule has 2 aromatic carbocycles. The van der Waals surface area contributed by atoms with Crippen LogP contribution in [0.25, 0.3) is 0 Å². The zero-order chi connectivity index (χ0) is 103. The van der Waals surface area contributed by atoms with Crippen molar-refractivity contribution in [3.63, 3.8) is 0 Å². The van der Waals surface area contributed by atoms with Gasteiger partial charge in [0.1, 0.15) is 60.6 Å². The maximum absolute atomic E-state index is 15.0. The van der Waals surface area contributed by atoms with E-state index in [1.165, 1.54) is 44.4 Å². The summed E-state index contributed by atoms with van der Waals surface area (Å²) in [5, 5.41) is 69.4. The molecule has 0 spiro atoms. The van der Waals surface area contributed by atoms with Gasteiger partial charge in [0.25, 0.3) is 11.8 Å². The van der Waals surface area contributed by atoms with E-state index in [1.54, 1.807) is 80.0 Å². The molecule has 44 nitrogen and oxygen atoms in total. The highest BCUT2D eigenvalue weighted by atomic mass is 16.7. The number of aliphatic hydroxyl groups excluding tert-OH is 4. The molecule has 140 heavy (non-hydrogen) atoms. The van der Waals surface area contributed by atoms with E-state index in [4.69, 9.17) is 86.3 Å². The number of rotatable bonds is 76. The number of carboxylic acids is 1. The van der Waals surface area contributed by atoms with Gasteiger partial charge >= 0.3 is 12.1 Å². The molecule has 2 aromatic rings. The van der Waals surface area contributed by atoms with E-state index in [-0.39, 0.29) is 98.5 Å². The number of nitrogens with zero attached hydrogens (tertiary/aromatic N) is 3. The number of benzene rings is 2. The van der Waals surface area contributed by atoms with Gasteiger partial charge < -0.3 is 149 Å². The van der Waals surface area contributed by atoms with E-state index in [0.717, 1.165) is 17.1 Å². The molecule has 794 valence electrons. The molecule has 10 amide bonds. The van der Waals surface area contributed by atoms with Gasteiger partial charge in [-0.2, -0.15) is 0 Å². The van der Waals surface area contributed by atoms with Crippen LogP contribution in [0.5, 0.6) is 5.75 Å². The maximum Gasteiger partial charge on any atom is 0.410 e. The first-order valence-corrected chi connectivity index (χ1v) is 48.2. The van der Waals surface area contributed by atoms with Crippen LogP contribution in [0.15, 0.2) is 60.7 Å². The SMILES string of the molecule is CC[C@H](C)[C@@H]([C@@H](CC(=O)C1CCCC1[C@H](OC)[C@@H](C)C(=O)N[C@H](C)[C@@H](O)c1ccccc1)OC)N(C)C(=O)[C@@H](NC(=O)[C@H](C(C)C)N(C)C(=O)OCc1ccc(O[C@@H]2O[C@H](C(=O)O)[C@@H](O)[C@H](O)[C@H]2O)c(NC(=O)CCNC(=O)[C@H](CCCCNC(=O)CCOCCOCCOCCOCCOCCOCCOCCOCCOCCOCCOCCOC)NC(=O)[C@H](CN)N2C(=O)C=CC2=O)c1)C(C)C. The molecule has 0 aromatic heterocycles. The molecule has 2 aliphatic heterocycles. The summed E-state index contributed by atoms with van der Waals surface area (Å²) < 4.78 is 94.6. The van der Waals surface area contributed by atoms with Crippen LogP contribution in [0.1, 0.15) is 137 Å². The lowest BCUT2D eigenvalue weighted by molar-refractivity contribution is -0.271. The number of aliphatic carboxylic acids is 1. The molecular weight excluding hydrogens is 1840 g/mol. The highest BCUT2D eigenvalue weighted by molar-refractivity contribution is 6.15. The fourth-order valence-electron chi connectivity index (χ4n) is 16.2. The second-order valence-corrected chi connectivity index (χ2v) is 35.0. The van der Waals surface area contributed by atoms with Gasteiger partial charge in [-0.25, -0.2) is 9.59 Å². The van der Waals surface area contributed by atoms with Gasteiger partial charge in [-0.15, -0.1) is 0 Å². The fourth-order valence-corrected chi connectivity index (χ4v) is 16.2. The van der Waals surface area contributed by atoms with Crippen LogP contribution >= 0.6 is 0 Å². The zero-order valence-corrected chi connectivity index (χ0v) is 83.5. The number of amides is 10. The summed E-state index contributed by atoms with van der Waals surface area (Å²) in [7, 11) is 7.52. The molecule has 13 N–H and O–H groups in total. The van der Waals surface area contributed by atoms with Crippen LogP contribution in [0.3, 0.4) is 0 Å². The predicted octanol–water partition coefficient (Wildman–Crippen LogP) is 1.53. The van der Waals surface area contributed by atoms with Crippen molar-refractivity contribution in [1.29, 1.82) is 0 Å². The number of nitrogens with one attached hydrogen (secondary N) is 6. The predicted molar refractivity (Wildman–Crippen MR) is 505 cm³/mol. The summed E-state index contributed by atoms with van der Waals surface area (Å²) in [4.78, 5) is 168. The summed E-state index contributed by atoms with van der Waals surface area (Å²) in [5.74, 6) is -11.2. The minimum absolute atomic E-state index is 0.0174. The Bertz CT molecular complexity index is 4010. The first kappa shape index (κ1) is 121. The van der Waals surface area contributed by atoms with Crippen LogP contribution in [0.2, 0.25) is 0 Å². The van der Waals surface area contributed by atoms with Crippen molar-refractivity contribution in [2.75, 3.05) is 212 Å². The highest BCUT2D eigenvalue weighted by Crippen LogP contribution is 2.41. The number of carbonyl (C=O) groups excluding carboxylic acids is 11. The van der Waals surface area contributed by atoms with Gasteiger partial charge in [0.2, 0.25) is 47.6 Å². The van der Waals surface area contributed by atoms with Crippen LogP contribution < -0.4 is 42.4 Å². The van der Waals surface area contributed by atoms with E-state index >= 15 is 4.79 Å². The van der Waals surface area contributed by atoms with E-state index < -0.39 is 188 Å². The first-order valence-electron chi connectivity index (χ1n) is 48.2. The lowest BCUT2D eigenvalue weighted by Crippen LogP contribution is -2.61. The van der Waals surface area contributed by atoms with Gasteiger partial charge in [-0.05, 0) is 86.0 Å². The van der Waals surface area contributed by atoms with Crippen molar-refractivity contribution in [3.05, 3.63) is 71.8 Å². The third kappa shape index (κ3) is 42.5. The minimum Gasteiger partial charge on any atom is -0.479 e. The Labute approximate surface area is 820 Å². The lowest BCUT2D eigenvalue weighted by Gasteiger charge is -2.40. The van der Waals surface area contributed by atoms with Crippen molar-refractivity contribution in [2.24, 2.45) is 41.2 Å². The van der Waals surface area contributed by atoms with Gasteiger partial charge in [0.05, 0.1) is 194 Å². The Morgan fingerprint density at radius 2 is 1.11 bits per heavy atom. The molecule has 1 saturated heterocycles. The number of ether oxygens (including phenoxy) is 17. The molecule has 0 radical (unpaired) electrons. The number of imide groups is 1. The quantitative estimate of drug-likeness (QED) is 0.0330. The number of carboxylic acid groups (broad SMARTS) is 1. The number of ketones is 1. The van der Waals surface area contributed by atoms with E-state index in [0.29, 0.717) is 175 Å². The van der Waals surface area contributed by atoms with Crippen molar-refractivity contribution >= 4 is 76.7 Å². The van der Waals surface area contributed by atoms with Crippen molar-refractivity contribution < 1.29 is 164 Å². The number of carbonyl (C=O) groups is 12. The Hall–Kier alpha value is -8.98. The third-order valence-electron chi connectivity index (χ3n) is 24.1. The van der Waals surface area contributed by atoms with E-state index in [1.807, 2.05) is 19.9 Å². The van der Waals surface area contributed by atoms with Crippen LogP contribution in [-0.2, 0) is 135 Å². The van der Waals surface area contributed by atoms with Gasteiger partial charge in [0.15, 0.2) is 6.10 Å². The minimum atomic E-state index is -2.11. The first-order chi connectivity index (χ1) is 67.2. The number of Topliss-reactive ketones (excluding diaryl/α,β-unsaturated/α-hetero) is 1. The molecule has 2 heterocycles. The Morgan fingerprint density at radius 3 is 1.60 bits per heavy atom. The molecule has 5 rings (SSSR count). The van der Waals surface area contributed by atoms with E-state index in [9.17, 15) is 78.3 Å². The summed E-state index contributed by atoms with van der Waals surface area (Å²) in [6, 6.07) is 6.16.